The molecule has 0 unspecified atom stereocenters. The van der Waals surface area contributed by atoms with E-state index in [0.29, 0.717) is 0 Å². The molecule has 0 fully saturated rings. The standard InChI is InChI=1S/C17H17NO2/c1-20-17(19)12-14-9-10-16(8-5-11-18-13-14)15-6-3-2-4-7-15/h2-11,13,18H,12H2,1H3. The lowest BCUT2D eigenvalue weighted by Gasteiger charge is -1.99. The predicted octanol–water partition coefficient (Wildman–Crippen LogP) is 3.52. The van der Waals surface area contributed by atoms with Crippen molar-refractivity contribution >= 4 is 5.97 Å². The molecule has 1 heterocycles. The summed E-state index contributed by atoms with van der Waals surface area (Å²) in [6.07, 6.45) is 3.87. The molecule has 3 heteroatoms. The topological polar surface area (TPSA) is 42.1 Å². The lowest BCUT2D eigenvalue weighted by atomic mass is 10.1. The maximum Gasteiger partial charge on any atom is 0.310 e. The first-order valence-corrected chi connectivity index (χ1v) is 6.42. The second-order valence-corrected chi connectivity index (χ2v) is 4.32. The highest BCUT2D eigenvalue weighted by Crippen LogP contribution is 2.16. The van der Waals surface area contributed by atoms with Gasteiger partial charge in [0.2, 0.25) is 0 Å². The normalized spacial score (nSPS) is 9.65. The molecule has 0 aliphatic heterocycles. The predicted molar refractivity (Wildman–Crippen MR) is 79.6 cm³/mol. The smallest absolute Gasteiger partial charge is 0.310 e. The van der Waals surface area contributed by atoms with E-state index < -0.39 is 0 Å². The van der Waals surface area contributed by atoms with Gasteiger partial charge in [0.15, 0.2) is 0 Å². The second-order valence-electron chi connectivity index (χ2n) is 4.32. The van der Waals surface area contributed by atoms with Gasteiger partial charge in [-0.2, -0.15) is 0 Å². The minimum atomic E-state index is -0.254. The van der Waals surface area contributed by atoms with E-state index in [2.05, 4.69) is 17.1 Å². The number of methoxy groups -OCH3 is 1. The van der Waals surface area contributed by atoms with Crippen molar-refractivity contribution < 1.29 is 9.53 Å². The Morgan fingerprint density at radius 1 is 1.00 bits per heavy atom. The Balaban J connectivity index is 2.41. The zero-order valence-electron chi connectivity index (χ0n) is 11.4. The number of nitrogens with one attached hydrogen (secondary N) is 1. The zero-order valence-corrected chi connectivity index (χ0v) is 11.4. The number of ether oxygens (including phenoxy) is 1. The molecule has 0 radical (unpaired) electrons. The number of rotatable bonds is 3. The molecule has 0 saturated heterocycles. The number of aromatic nitrogens is 1. The van der Waals surface area contributed by atoms with Gasteiger partial charge in [0, 0.05) is 12.4 Å². The minimum Gasteiger partial charge on any atom is -0.469 e. The van der Waals surface area contributed by atoms with Crippen molar-refractivity contribution in [3.8, 4) is 11.1 Å². The maximum absolute atomic E-state index is 11.4. The van der Waals surface area contributed by atoms with Crippen LogP contribution in [0.4, 0.5) is 0 Å². The second kappa shape index (κ2) is 7.14. The van der Waals surface area contributed by atoms with E-state index in [4.69, 9.17) is 4.74 Å². The molecule has 0 atom stereocenters. The molecule has 1 N–H and O–H groups in total. The number of H-pyrrole nitrogens is 1. The quantitative estimate of drug-likeness (QED) is 0.864. The molecule has 3 nitrogen and oxygen atoms in total. The maximum atomic E-state index is 11.4. The van der Waals surface area contributed by atoms with Crippen molar-refractivity contribution in [3.63, 3.8) is 0 Å². The molecular weight excluding hydrogens is 250 g/mol. The average molecular weight is 267 g/mol. The molecule has 0 spiro atoms. The van der Waals surface area contributed by atoms with Crippen molar-refractivity contribution in [1.29, 1.82) is 0 Å². The summed E-state index contributed by atoms with van der Waals surface area (Å²) in [4.78, 5) is 14.4. The molecule has 20 heavy (non-hydrogen) atoms. The van der Waals surface area contributed by atoms with E-state index in [1.807, 2.05) is 48.7 Å². The third kappa shape index (κ3) is 3.99. The molecule has 2 aromatic rings. The third-order valence-electron chi connectivity index (χ3n) is 2.90. The first-order chi connectivity index (χ1) is 9.79. The summed E-state index contributed by atoms with van der Waals surface area (Å²) in [7, 11) is 1.39. The van der Waals surface area contributed by atoms with E-state index in [0.717, 1.165) is 16.7 Å². The van der Waals surface area contributed by atoms with Crippen LogP contribution in [0.5, 0.6) is 0 Å². The summed E-state index contributed by atoms with van der Waals surface area (Å²) in [5.74, 6) is -0.254. The van der Waals surface area contributed by atoms with Crippen LogP contribution in [-0.4, -0.2) is 18.1 Å². The molecular formula is C17H17NO2. The van der Waals surface area contributed by atoms with Gasteiger partial charge in [0.05, 0.1) is 13.5 Å². The molecule has 0 amide bonds. The first kappa shape index (κ1) is 13.9. The fourth-order valence-electron chi connectivity index (χ4n) is 1.83. The average Bonchev–Trinajstić information content (AvgIpc) is 2.60. The third-order valence-corrected chi connectivity index (χ3v) is 2.90. The molecule has 0 aliphatic rings. The van der Waals surface area contributed by atoms with E-state index in [1.165, 1.54) is 7.11 Å². The van der Waals surface area contributed by atoms with Gasteiger partial charge in [-0.1, -0.05) is 48.5 Å². The van der Waals surface area contributed by atoms with Crippen LogP contribution in [0.15, 0.2) is 67.0 Å². The van der Waals surface area contributed by atoms with Crippen LogP contribution < -0.4 is 0 Å². The minimum absolute atomic E-state index is 0.246. The molecule has 2 rings (SSSR count). The SMILES string of the molecule is COC(=O)Cc1ccc(-c2ccccc2)ccc[nH]c1. The largest absolute Gasteiger partial charge is 0.469 e. The van der Waals surface area contributed by atoms with Gasteiger partial charge in [-0.3, -0.25) is 4.79 Å². The van der Waals surface area contributed by atoms with Crippen LogP contribution in [0.1, 0.15) is 5.56 Å². The van der Waals surface area contributed by atoms with Gasteiger partial charge in [-0.25, -0.2) is 0 Å². The fourth-order valence-corrected chi connectivity index (χ4v) is 1.83. The van der Waals surface area contributed by atoms with Gasteiger partial charge in [-0.05, 0) is 22.8 Å². The monoisotopic (exact) mass is 267 g/mol. The van der Waals surface area contributed by atoms with Crippen LogP contribution in [0.2, 0.25) is 0 Å². The molecule has 102 valence electrons. The Kier molecular flexibility index (Phi) is 4.95. The van der Waals surface area contributed by atoms with E-state index in [-0.39, 0.29) is 12.4 Å². The van der Waals surface area contributed by atoms with Crippen molar-refractivity contribution in [2.45, 2.75) is 6.42 Å². The summed E-state index contributed by atoms with van der Waals surface area (Å²) >= 11 is 0. The van der Waals surface area contributed by atoms with Gasteiger partial charge in [0.1, 0.15) is 0 Å². The highest BCUT2D eigenvalue weighted by atomic mass is 16.5. The summed E-state index contributed by atoms with van der Waals surface area (Å²) < 4.78 is 4.69. The molecule has 0 saturated carbocycles. The van der Waals surface area contributed by atoms with Crippen molar-refractivity contribution in [2.24, 2.45) is 0 Å². The number of hydrogen-bond acceptors (Lipinski definition) is 2. The van der Waals surface area contributed by atoms with Gasteiger partial charge in [-0.15, -0.1) is 0 Å². The Morgan fingerprint density at radius 3 is 2.45 bits per heavy atom. The zero-order chi connectivity index (χ0) is 14.2. The summed E-state index contributed by atoms with van der Waals surface area (Å²) in [6, 6.07) is 18.0. The molecule has 0 bridgehead atoms. The number of hydrogen-bond donors (Lipinski definition) is 1. The van der Waals surface area contributed by atoms with Crippen LogP contribution in [0.25, 0.3) is 11.1 Å². The number of carbonyl (C=O) groups is 1. The van der Waals surface area contributed by atoms with Crippen LogP contribution in [-0.2, 0) is 16.0 Å². The highest BCUT2D eigenvalue weighted by Gasteiger charge is 2.01. The summed E-state index contributed by atoms with van der Waals surface area (Å²) in [6.45, 7) is 0. The van der Waals surface area contributed by atoms with Crippen molar-refractivity contribution in [3.05, 3.63) is 72.6 Å². The number of esters is 1. The summed E-state index contributed by atoms with van der Waals surface area (Å²) in [5, 5.41) is 0. The summed E-state index contributed by atoms with van der Waals surface area (Å²) in [5.41, 5.74) is 3.08. The number of carbonyl (C=O) groups excluding carboxylic acids is 1. The van der Waals surface area contributed by atoms with Crippen LogP contribution in [0, 0.1) is 0 Å². The lowest BCUT2D eigenvalue weighted by Crippen LogP contribution is -2.03. The van der Waals surface area contributed by atoms with Crippen molar-refractivity contribution in [2.75, 3.05) is 7.11 Å². The van der Waals surface area contributed by atoms with E-state index in [9.17, 15) is 4.79 Å². The molecule has 1 aromatic heterocycles. The van der Waals surface area contributed by atoms with E-state index in [1.54, 1.807) is 6.20 Å². The number of aromatic amines is 1. The lowest BCUT2D eigenvalue weighted by molar-refractivity contribution is -0.139. The number of benzene rings is 1. The molecule has 1 aromatic carbocycles. The van der Waals surface area contributed by atoms with E-state index >= 15 is 0 Å². The Morgan fingerprint density at radius 2 is 1.70 bits per heavy atom. The van der Waals surface area contributed by atoms with Crippen LogP contribution >= 0.6 is 0 Å². The Labute approximate surface area is 118 Å². The Hall–Kier alpha value is -2.55. The molecule has 0 aliphatic carbocycles. The first-order valence-electron chi connectivity index (χ1n) is 6.42. The van der Waals surface area contributed by atoms with Crippen molar-refractivity contribution in [1.82, 2.24) is 4.98 Å². The van der Waals surface area contributed by atoms with Gasteiger partial charge in [0.25, 0.3) is 0 Å². The van der Waals surface area contributed by atoms with Gasteiger partial charge >= 0.3 is 5.97 Å². The highest BCUT2D eigenvalue weighted by molar-refractivity contribution is 5.72. The van der Waals surface area contributed by atoms with Crippen LogP contribution in [0.3, 0.4) is 0 Å². The van der Waals surface area contributed by atoms with Gasteiger partial charge < -0.3 is 9.72 Å². The fraction of sp³-hybridized carbons (Fsp3) is 0.118. The Bertz CT molecular complexity index is 616.